The van der Waals surface area contributed by atoms with Crippen molar-refractivity contribution in [2.45, 2.75) is 13.8 Å². The van der Waals surface area contributed by atoms with Crippen LogP contribution in [0.25, 0.3) is 11.3 Å². The highest BCUT2D eigenvalue weighted by Gasteiger charge is 2.19. The van der Waals surface area contributed by atoms with E-state index in [0.29, 0.717) is 5.69 Å². The molecule has 5 nitrogen and oxygen atoms in total. The maximum atomic E-state index is 11.4. The van der Waals surface area contributed by atoms with Crippen molar-refractivity contribution in [3.63, 3.8) is 0 Å². The minimum absolute atomic E-state index is 0.251. The number of hydrogen-bond donors (Lipinski definition) is 3. The van der Waals surface area contributed by atoms with Gasteiger partial charge >= 0.3 is 5.97 Å². The number of carboxylic acid groups (broad SMARTS) is 1. The smallest absolute Gasteiger partial charge is 0.343 e. The molecule has 3 N–H and O–H groups in total. The molecule has 0 atom stereocenters. The first-order valence-electron chi connectivity index (χ1n) is 5.12. The number of nitrogens with one attached hydrogen (secondary N) is 2. The quantitative estimate of drug-likeness (QED) is 0.736. The topological polar surface area (TPSA) is 86.0 Å². The van der Waals surface area contributed by atoms with Crippen LogP contribution in [-0.4, -0.2) is 21.3 Å². The molecular weight excluding hydrogens is 220 g/mol. The largest absolute Gasteiger partial charge is 0.477 e. The van der Waals surface area contributed by atoms with Gasteiger partial charge in [0.1, 0.15) is 0 Å². The zero-order chi connectivity index (χ0) is 12.6. The predicted octanol–water partition coefficient (Wildman–Crippen LogP) is 1.69. The van der Waals surface area contributed by atoms with Crippen molar-refractivity contribution in [3.8, 4) is 11.3 Å². The molecule has 17 heavy (non-hydrogen) atoms. The summed E-state index contributed by atoms with van der Waals surface area (Å²) in [6.45, 7) is 3.78. The van der Waals surface area contributed by atoms with Gasteiger partial charge in [0.25, 0.3) is 5.56 Å². The summed E-state index contributed by atoms with van der Waals surface area (Å²) in [7, 11) is 0. The molecule has 0 amide bonds. The highest BCUT2D eigenvalue weighted by Crippen LogP contribution is 2.24. The highest BCUT2D eigenvalue weighted by molar-refractivity contribution is 5.94. The van der Waals surface area contributed by atoms with E-state index >= 15 is 0 Å². The molecule has 88 valence electrons. The Morgan fingerprint density at radius 2 is 1.94 bits per heavy atom. The summed E-state index contributed by atoms with van der Waals surface area (Å²) in [5.41, 5.74) is 2.09. The van der Waals surface area contributed by atoms with E-state index in [4.69, 9.17) is 5.11 Å². The Kier molecular flexibility index (Phi) is 2.59. The molecule has 2 rings (SSSR count). The number of aromatic nitrogens is 2. The van der Waals surface area contributed by atoms with E-state index in [-0.39, 0.29) is 5.56 Å². The third-order valence-electron chi connectivity index (χ3n) is 2.65. The van der Waals surface area contributed by atoms with Crippen LogP contribution < -0.4 is 5.56 Å². The van der Waals surface area contributed by atoms with Gasteiger partial charge in [0.15, 0.2) is 5.56 Å². The Labute approximate surface area is 97.1 Å². The fourth-order valence-electron chi connectivity index (χ4n) is 1.77. The Bertz CT molecular complexity index is 637. The lowest BCUT2D eigenvalue weighted by Gasteiger charge is -2.05. The molecule has 2 aromatic rings. The van der Waals surface area contributed by atoms with Crippen LogP contribution in [0.3, 0.4) is 0 Å². The van der Waals surface area contributed by atoms with E-state index in [9.17, 15) is 9.59 Å². The summed E-state index contributed by atoms with van der Waals surface area (Å²) in [4.78, 5) is 22.4. The number of aromatic carboxylic acids is 1. The Morgan fingerprint density at radius 3 is 2.59 bits per heavy atom. The monoisotopic (exact) mass is 232 g/mol. The first-order chi connectivity index (χ1) is 8.00. The normalized spacial score (nSPS) is 10.5. The van der Waals surface area contributed by atoms with Gasteiger partial charge < -0.3 is 5.11 Å². The average Bonchev–Trinajstić information content (AvgIpc) is 2.64. The van der Waals surface area contributed by atoms with Crippen molar-refractivity contribution in [2.75, 3.05) is 0 Å². The van der Waals surface area contributed by atoms with Gasteiger partial charge in [-0.1, -0.05) is 17.7 Å². The molecule has 5 heteroatoms. The van der Waals surface area contributed by atoms with Crippen LogP contribution in [0.15, 0.2) is 23.0 Å². The molecule has 1 aromatic heterocycles. The highest BCUT2D eigenvalue weighted by atomic mass is 16.4. The molecule has 0 radical (unpaired) electrons. The number of hydrogen-bond acceptors (Lipinski definition) is 2. The van der Waals surface area contributed by atoms with Gasteiger partial charge in [-0.05, 0) is 25.5 Å². The molecule has 0 spiro atoms. The second-order valence-corrected chi connectivity index (χ2v) is 3.95. The predicted molar refractivity (Wildman–Crippen MR) is 63.3 cm³/mol. The number of rotatable bonds is 2. The third kappa shape index (κ3) is 1.87. The van der Waals surface area contributed by atoms with Crippen molar-refractivity contribution >= 4 is 5.97 Å². The Balaban J connectivity index is 2.73. The van der Waals surface area contributed by atoms with E-state index in [0.717, 1.165) is 16.7 Å². The molecule has 1 heterocycles. The van der Waals surface area contributed by atoms with Gasteiger partial charge in [-0.2, -0.15) is 0 Å². The number of carbonyl (C=O) groups is 1. The maximum absolute atomic E-state index is 11.4. The Morgan fingerprint density at radius 1 is 1.24 bits per heavy atom. The first-order valence-corrected chi connectivity index (χ1v) is 5.12. The van der Waals surface area contributed by atoms with E-state index < -0.39 is 11.5 Å². The number of carboxylic acids is 1. The van der Waals surface area contributed by atoms with Gasteiger partial charge in [0, 0.05) is 5.56 Å². The molecular formula is C12H12N2O3. The number of benzene rings is 1. The van der Waals surface area contributed by atoms with Crippen molar-refractivity contribution in [2.24, 2.45) is 0 Å². The summed E-state index contributed by atoms with van der Waals surface area (Å²) in [5.74, 6) is -1.23. The third-order valence-corrected chi connectivity index (χ3v) is 2.65. The zero-order valence-electron chi connectivity index (χ0n) is 9.50. The van der Waals surface area contributed by atoms with E-state index in [1.165, 1.54) is 0 Å². The van der Waals surface area contributed by atoms with Gasteiger partial charge in [-0.25, -0.2) is 4.79 Å². The fourth-order valence-corrected chi connectivity index (χ4v) is 1.77. The van der Waals surface area contributed by atoms with Crippen molar-refractivity contribution in [1.29, 1.82) is 0 Å². The summed E-state index contributed by atoms with van der Waals surface area (Å²) in [6.07, 6.45) is 0. The van der Waals surface area contributed by atoms with Crippen molar-refractivity contribution in [1.82, 2.24) is 10.2 Å². The second kappa shape index (κ2) is 3.93. The molecule has 0 fully saturated rings. The van der Waals surface area contributed by atoms with Crippen LogP contribution in [0.4, 0.5) is 0 Å². The van der Waals surface area contributed by atoms with Crippen LogP contribution in [-0.2, 0) is 0 Å². The first kappa shape index (κ1) is 11.2. The lowest BCUT2D eigenvalue weighted by Crippen LogP contribution is -2.12. The maximum Gasteiger partial charge on any atom is 0.343 e. The fraction of sp³-hybridized carbons (Fsp3) is 0.167. The molecule has 0 bridgehead atoms. The molecule has 1 aromatic carbocycles. The second-order valence-electron chi connectivity index (χ2n) is 3.95. The minimum atomic E-state index is -1.23. The summed E-state index contributed by atoms with van der Waals surface area (Å²) >= 11 is 0. The summed E-state index contributed by atoms with van der Waals surface area (Å²) < 4.78 is 0. The molecule has 0 saturated heterocycles. The van der Waals surface area contributed by atoms with Crippen LogP contribution in [0.5, 0.6) is 0 Å². The molecule has 0 unspecified atom stereocenters. The summed E-state index contributed by atoms with van der Waals surface area (Å²) in [6, 6.07) is 5.67. The van der Waals surface area contributed by atoms with Crippen LogP contribution in [0.2, 0.25) is 0 Å². The SMILES string of the molecule is Cc1ccc(C)c(-c2[nH][nH]c(=O)c2C(=O)O)c1. The molecule has 0 saturated carbocycles. The standard InChI is InChI=1S/C12H12N2O3/c1-6-3-4-7(2)8(5-6)10-9(12(16)17)11(15)14-13-10/h3-5H,1-2H3,(H,16,17)(H2,13,14,15). The zero-order valence-corrected chi connectivity index (χ0v) is 9.50. The number of aryl methyl sites for hydroxylation is 2. The lowest BCUT2D eigenvalue weighted by atomic mass is 10.0. The van der Waals surface area contributed by atoms with Gasteiger partial charge in [-0.3, -0.25) is 15.0 Å². The molecule has 0 aliphatic carbocycles. The average molecular weight is 232 g/mol. The van der Waals surface area contributed by atoms with Crippen LogP contribution in [0, 0.1) is 13.8 Å². The van der Waals surface area contributed by atoms with E-state index in [1.54, 1.807) is 0 Å². The van der Waals surface area contributed by atoms with E-state index in [1.807, 2.05) is 32.0 Å². The van der Waals surface area contributed by atoms with Crippen LogP contribution >= 0.6 is 0 Å². The Hall–Kier alpha value is -2.30. The van der Waals surface area contributed by atoms with Crippen molar-refractivity contribution < 1.29 is 9.90 Å². The number of H-pyrrole nitrogens is 2. The van der Waals surface area contributed by atoms with Crippen LogP contribution in [0.1, 0.15) is 21.5 Å². The van der Waals surface area contributed by atoms with Crippen molar-refractivity contribution in [3.05, 3.63) is 45.2 Å². The van der Waals surface area contributed by atoms with Gasteiger partial charge in [0.2, 0.25) is 0 Å². The summed E-state index contributed by atoms with van der Waals surface area (Å²) in [5, 5.41) is 13.9. The molecule has 0 aliphatic heterocycles. The number of aromatic amines is 2. The van der Waals surface area contributed by atoms with E-state index in [2.05, 4.69) is 10.2 Å². The minimum Gasteiger partial charge on any atom is -0.477 e. The molecule has 0 aliphatic rings. The van der Waals surface area contributed by atoms with Gasteiger partial charge in [-0.15, -0.1) is 0 Å². The lowest BCUT2D eigenvalue weighted by molar-refractivity contribution is 0.0696. The van der Waals surface area contributed by atoms with Gasteiger partial charge in [0.05, 0.1) is 5.69 Å².